The van der Waals surface area contributed by atoms with Gasteiger partial charge in [-0.15, -0.1) is 0 Å². The molecule has 0 bridgehead atoms. The molecular formula is C13H9BrClNO3. The van der Waals surface area contributed by atoms with Gasteiger partial charge >= 0.3 is 5.97 Å². The summed E-state index contributed by atoms with van der Waals surface area (Å²) in [5.41, 5.74) is 0.538. The first-order valence-electron chi connectivity index (χ1n) is 5.32. The summed E-state index contributed by atoms with van der Waals surface area (Å²) in [5.74, 6) is -1.25. The van der Waals surface area contributed by atoms with Crippen LogP contribution >= 0.6 is 27.5 Å². The molecule has 0 aliphatic heterocycles. The molecule has 4 nitrogen and oxygen atoms in total. The zero-order valence-corrected chi connectivity index (χ0v) is 12.2. The standard InChI is InChI=1S/C13H9BrClNO3/c1-7-4-12(17)9(13(18)19)6-16(7)8-2-3-10(14)11(15)5-8/h2-6H,1H3,(H,18,19). The molecular weight excluding hydrogens is 334 g/mol. The number of nitrogens with zero attached hydrogens (tertiary/aromatic N) is 1. The normalized spacial score (nSPS) is 10.5. The van der Waals surface area contributed by atoms with E-state index in [4.69, 9.17) is 16.7 Å². The number of carboxylic acids is 1. The summed E-state index contributed by atoms with van der Waals surface area (Å²) >= 11 is 9.30. The second kappa shape index (κ2) is 5.19. The van der Waals surface area contributed by atoms with E-state index in [2.05, 4.69) is 15.9 Å². The van der Waals surface area contributed by atoms with Crippen LogP contribution in [-0.4, -0.2) is 15.6 Å². The van der Waals surface area contributed by atoms with E-state index in [1.54, 1.807) is 29.7 Å². The lowest BCUT2D eigenvalue weighted by Gasteiger charge is -2.12. The summed E-state index contributed by atoms with van der Waals surface area (Å²) in [6.45, 7) is 1.73. The highest BCUT2D eigenvalue weighted by Crippen LogP contribution is 2.25. The van der Waals surface area contributed by atoms with Crippen LogP contribution in [0.2, 0.25) is 5.02 Å². The van der Waals surface area contributed by atoms with Crippen LogP contribution in [0.15, 0.2) is 39.7 Å². The first-order chi connectivity index (χ1) is 8.90. The Kier molecular flexibility index (Phi) is 3.78. The smallest absolute Gasteiger partial charge is 0.341 e. The van der Waals surface area contributed by atoms with Crippen molar-refractivity contribution in [1.82, 2.24) is 4.57 Å². The van der Waals surface area contributed by atoms with E-state index in [9.17, 15) is 9.59 Å². The van der Waals surface area contributed by atoms with Crippen molar-refractivity contribution in [2.24, 2.45) is 0 Å². The van der Waals surface area contributed by atoms with E-state index < -0.39 is 11.4 Å². The Bertz CT molecular complexity index is 724. The lowest BCUT2D eigenvalue weighted by Crippen LogP contribution is -2.18. The third kappa shape index (κ3) is 2.72. The molecule has 0 amide bonds. The fourth-order valence-electron chi connectivity index (χ4n) is 1.71. The fourth-order valence-corrected chi connectivity index (χ4v) is 2.13. The maximum absolute atomic E-state index is 11.6. The number of carboxylic acid groups (broad SMARTS) is 1. The topological polar surface area (TPSA) is 59.3 Å². The van der Waals surface area contributed by atoms with Gasteiger partial charge in [0.25, 0.3) is 0 Å². The van der Waals surface area contributed by atoms with Crippen LogP contribution in [0.5, 0.6) is 0 Å². The molecule has 19 heavy (non-hydrogen) atoms. The maximum atomic E-state index is 11.6. The summed E-state index contributed by atoms with van der Waals surface area (Å²) in [4.78, 5) is 22.5. The van der Waals surface area contributed by atoms with Crippen LogP contribution < -0.4 is 5.43 Å². The fraction of sp³-hybridized carbons (Fsp3) is 0.0769. The molecule has 1 N–H and O–H groups in total. The second-order valence-corrected chi connectivity index (χ2v) is 5.23. The minimum Gasteiger partial charge on any atom is -0.477 e. The maximum Gasteiger partial charge on any atom is 0.341 e. The molecule has 0 spiro atoms. The molecule has 2 rings (SSSR count). The highest BCUT2D eigenvalue weighted by Gasteiger charge is 2.12. The van der Waals surface area contributed by atoms with Crippen LogP contribution in [0.3, 0.4) is 0 Å². The predicted octanol–water partition coefficient (Wildman–Crippen LogP) is 3.26. The Labute approximate surface area is 122 Å². The quantitative estimate of drug-likeness (QED) is 0.911. The Hall–Kier alpha value is -1.59. The van der Waals surface area contributed by atoms with Crippen molar-refractivity contribution in [3.05, 3.63) is 61.4 Å². The average molecular weight is 343 g/mol. The number of hydrogen-bond acceptors (Lipinski definition) is 2. The lowest BCUT2D eigenvalue weighted by atomic mass is 10.2. The zero-order chi connectivity index (χ0) is 14.2. The van der Waals surface area contributed by atoms with Gasteiger partial charge in [-0.25, -0.2) is 4.79 Å². The van der Waals surface area contributed by atoms with Crippen molar-refractivity contribution < 1.29 is 9.90 Å². The molecule has 0 fully saturated rings. The van der Waals surface area contributed by atoms with Crippen molar-refractivity contribution in [3.63, 3.8) is 0 Å². The number of carbonyl (C=O) groups is 1. The van der Waals surface area contributed by atoms with Crippen molar-refractivity contribution in [3.8, 4) is 5.69 Å². The van der Waals surface area contributed by atoms with Crippen LogP contribution in [0, 0.1) is 6.92 Å². The number of pyridine rings is 1. The average Bonchev–Trinajstić information content (AvgIpc) is 2.32. The van der Waals surface area contributed by atoms with Crippen LogP contribution in [0.1, 0.15) is 16.1 Å². The molecule has 0 unspecified atom stereocenters. The minimum atomic E-state index is -1.25. The third-order valence-corrected chi connectivity index (χ3v) is 3.89. The minimum absolute atomic E-state index is 0.273. The van der Waals surface area contributed by atoms with E-state index in [-0.39, 0.29) is 5.56 Å². The molecule has 0 radical (unpaired) electrons. The van der Waals surface area contributed by atoms with E-state index in [0.29, 0.717) is 16.4 Å². The van der Waals surface area contributed by atoms with Gasteiger partial charge in [0.1, 0.15) is 5.56 Å². The molecule has 0 atom stereocenters. The van der Waals surface area contributed by atoms with Gasteiger partial charge in [-0.2, -0.15) is 0 Å². The molecule has 2 aromatic rings. The number of aromatic nitrogens is 1. The molecule has 6 heteroatoms. The Balaban J connectivity index is 2.68. The van der Waals surface area contributed by atoms with Crippen molar-refractivity contribution in [1.29, 1.82) is 0 Å². The molecule has 0 aliphatic rings. The summed E-state index contributed by atoms with van der Waals surface area (Å²) in [7, 11) is 0. The monoisotopic (exact) mass is 341 g/mol. The zero-order valence-electron chi connectivity index (χ0n) is 9.85. The van der Waals surface area contributed by atoms with E-state index >= 15 is 0 Å². The van der Waals surface area contributed by atoms with Gasteiger partial charge in [-0.1, -0.05) is 11.6 Å². The number of aryl methyl sites for hydroxylation is 1. The number of benzene rings is 1. The van der Waals surface area contributed by atoms with Crippen LogP contribution in [0.4, 0.5) is 0 Å². The molecule has 1 heterocycles. The number of rotatable bonds is 2. The van der Waals surface area contributed by atoms with Gasteiger partial charge in [-0.3, -0.25) is 4.79 Å². The highest BCUT2D eigenvalue weighted by molar-refractivity contribution is 9.10. The largest absolute Gasteiger partial charge is 0.477 e. The molecule has 1 aromatic heterocycles. The van der Waals surface area contributed by atoms with E-state index in [0.717, 1.165) is 4.47 Å². The van der Waals surface area contributed by atoms with E-state index in [1.165, 1.54) is 12.3 Å². The molecule has 1 aromatic carbocycles. The van der Waals surface area contributed by atoms with Gasteiger partial charge in [0, 0.05) is 28.1 Å². The van der Waals surface area contributed by atoms with Gasteiger partial charge in [0.2, 0.25) is 0 Å². The van der Waals surface area contributed by atoms with Crippen molar-refractivity contribution in [2.45, 2.75) is 6.92 Å². The lowest BCUT2D eigenvalue weighted by molar-refractivity contribution is 0.0695. The Morgan fingerprint density at radius 1 is 1.37 bits per heavy atom. The SMILES string of the molecule is Cc1cc(=O)c(C(=O)O)cn1-c1ccc(Br)c(Cl)c1. The van der Waals surface area contributed by atoms with Gasteiger partial charge in [0.15, 0.2) is 5.43 Å². The molecule has 0 saturated carbocycles. The summed E-state index contributed by atoms with van der Waals surface area (Å²) in [5, 5.41) is 9.49. The first kappa shape index (κ1) is 13.8. The van der Waals surface area contributed by atoms with Crippen LogP contribution in [0.25, 0.3) is 5.69 Å². The third-order valence-electron chi connectivity index (χ3n) is 2.66. The highest BCUT2D eigenvalue weighted by atomic mass is 79.9. The summed E-state index contributed by atoms with van der Waals surface area (Å²) in [6, 6.07) is 6.52. The molecule has 98 valence electrons. The van der Waals surface area contributed by atoms with Crippen molar-refractivity contribution in [2.75, 3.05) is 0 Å². The first-order valence-corrected chi connectivity index (χ1v) is 6.49. The van der Waals surface area contributed by atoms with Crippen molar-refractivity contribution >= 4 is 33.5 Å². The molecule has 0 saturated heterocycles. The number of halogens is 2. The summed E-state index contributed by atoms with van der Waals surface area (Å²) < 4.78 is 2.36. The van der Waals surface area contributed by atoms with Gasteiger partial charge in [-0.05, 0) is 41.1 Å². The summed E-state index contributed by atoms with van der Waals surface area (Å²) in [6.07, 6.45) is 1.31. The van der Waals surface area contributed by atoms with E-state index in [1.807, 2.05) is 0 Å². The Morgan fingerprint density at radius 3 is 2.63 bits per heavy atom. The second-order valence-electron chi connectivity index (χ2n) is 3.97. The Morgan fingerprint density at radius 2 is 2.05 bits per heavy atom. The predicted molar refractivity (Wildman–Crippen MR) is 76.4 cm³/mol. The number of hydrogen-bond donors (Lipinski definition) is 1. The van der Waals surface area contributed by atoms with Crippen LogP contribution in [-0.2, 0) is 0 Å². The molecule has 0 aliphatic carbocycles. The van der Waals surface area contributed by atoms with Gasteiger partial charge < -0.3 is 9.67 Å². The van der Waals surface area contributed by atoms with Gasteiger partial charge in [0.05, 0.1) is 5.02 Å². The number of aromatic carboxylic acids is 1.